The van der Waals surface area contributed by atoms with Crippen molar-refractivity contribution in [3.63, 3.8) is 0 Å². The number of thiazole rings is 1. The van der Waals surface area contributed by atoms with E-state index < -0.39 is 12.0 Å². The highest BCUT2D eigenvalue weighted by atomic mass is 32.1. The minimum absolute atomic E-state index is 0.0282. The van der Waals surface area contributed by atoms with Crippen LogP contribution < -0.4 is 5.32 Å². The van der Waals surface area contributed by atoms with Crippen LogP contribution in [0.15, 0.2) is 40.6 Å². The van der Waals surface area contributed by atoms with Crippen LogP contribution in [0, 0.1) is 12.8 Å². The Morgan fingerprint density at radius 3 is 2.64 bits per heavy atom. The van der Waals surface area contributed by atoms with E-state index in [0.29, 0.717) is 18.7 Å². The van der Waals surface area contributed by atoms with Gasteiger partial charge in [0.2, 0.25) is 11.8 Å². The molecule has 0 bridgehead atoms. The summed E-state index contributed by atoms with van der Waals surface area (Å²) >= 11 is 1.56. The first kappa shape index (κ1) is 23.1. The van der Waals surface area contributed by atoms with Gasteiger partial charge in [-0.2, -0.15) is 0 Å². The van der Waals surface area contributed by atoms with E-state index in [9.17, 15) is 9.59 Å². The Morgan fingerprint density at radius 2 is 2.03 bits per heavy atom. The molecular weight excluding hydrogens is 438 g/mol. The van der Waals surface area contributed by atoms with E-state index in [0.717, 1.165) is 28.2 Å². The maximum atomic E-state index is 13.4. The lowest BCUT2D eigenvalue weighted by Crippen LogP contribution is -2.48. The van der Waals surface area contributed by atoms with Gasteiger partial charge in [-0.25, -0.2) is 4.98 Å². The van der Waals surface area contributed by atoms with Gasteiger partial charge in [-0.15, -0.1) is 11.3 Å². The van der Waals surface area contributed by atoms with E-state index in [1.807, 2.05) is 45.3 Å². The Labute approximate surface area is 197 Å². The van der Waals surface area contributed by atoms with Gasteiger partial charge in [0.15, 0.2) is 0 Å². The zero-order chi connectivity index (χ0) is 23.5. The van der Waals surface area contributed by atoms with E-state index in [-0.39, 0.29) is 23.8 Å². The van der Waals surface area contributed by atoms with Crippen molar-refractivity contribution in [1.82, 2.24) is 25.3 Å². The monoisotopic (exact) mass is 467 g/mol. The summed E-state index contributed by atoms with van der Waals surface area (Å²) in [7, 11) is 0. The molecule has 0 radical (unpaired) electrons. The standard InChI is InChI=1S/C24H29N5O3S/c1-14(2)21(20-9-10-27-32-20)24(31)29-11-5-6-19(29)23(30)28-15(3)17-7-8-18(25-12-17)22-16(4)26-13-33-22/h7-10,12-15,19,21H,5-6,11H2,1-4H3,(H,28,30). The molecule has 3 atom stereocenters. The third-order valence-electron chi connectivity index (χ3n) is 6.16. The van der Waals surface area contributed by atoms with Crippen LogP contribution in [0.1, 0.15) is 62.6 Å². The molecule has 3 unspecified atom stereocenters. The van der Waals surface area contributed by atoms with Gasteiger partial charge in [0.25, 0.3) is 0 Å². The highest BCUT2D eigenvalue weighted by Crippen LogP contribution is 2.31. The number of hydrogen-bond acceptors (Lipinski definition) is 7. The van der Waals surface area contributed by atoms with Crippen LogP contribution in [0.3, 0.4) is 0 Å². The fourth-order valence-electron chi connectivity index (χ4n) is 4.34. The Morgan fingerprint density at radius 1 is 1.21 bits per heavy atom. The maximum Gasteiger partial charge on any atom is 0.243 e. The third-order valence-corrected chi connectivity index (χ3v) is 7.11. The number of aromatic nitrogens is 3. The number of nitrogens with one attached hydrogen (secondary N) is 1. The highest BCUT2D eigenvalue weighted by molar-refractivity contribution is 7.13. The van der Waals surface area contributed by atoms with Crippen LogP contribution in [0.4, 0.5) is 0 Å². The second kappa shape index (κ2) is 9.82. The Kier molecular flexibility index (Phi) is 6.88. The van der Waals surface area contributed by atoms with Crippen LogP contribution in [0.5, 0.6) is 0 Å². The average Bonchev–Trinajstić information content (AvgIpc) is 3.55. The minimum Gasteiger partial charge on any atom is -0.361 e. The largest absolute Gasteiger partial charge is 0.361 e. The lowest BCUT2D eigenvalue weighted by molar-refractivity contribution is -0.141. The van der Waals surface area contributed by atoms with Gasteiger partial charge in [0.05, 0.1) is 34.0 Å². The molecule has 0 saturated carbocycles. The molecule has 1 fully saturated rings. The van der Waals surface area contributed by atoms with Gasteiger partial charge >= 0.3 is 0 Å². The summed E-state index contributed by atoms with van der Waals surface area (Å²) in [6.07, 6.45) is 4.77. The first-order valence-corrected chi connectivity index (χ1v) is 12.1. The van der Waals surface area contributed by atoms with Gasteiger partial charge < -0.3 is 14.7 Å². The van der Waals surface area contributed by atoms with Crippen molar-refractivity contribution in [3.8, 4) is 10.6 Å². The Balaban J connectivity index is 1.44. The van der Waals surface area contributed by atoms with Crippen molar-refractivity contribution < 1.29 is 14.1 Å². The molecule has 33 heavy (non-hydrogen) atoms. The van der Waals surface area contributed by atoms with Gasteiger partial charge in [-0.05, 0) is 44.2 Å². The molecule has 0 aliphatic carbocycles. The minimum atomic E-state index is -0.490. The van der Waals surface area contributed by atoms with Gasteiger partial charge in [0, 0.05) is 18.8 Å². The second-order valence-corrected chi connectivity index (χ2v) is 9.65. The van der Waals surface area contributed by atoms with Crippen LogP contribution in [0.25, 0.3) is 10.6 Å². The Hall–Kier alpha value is -3.07. The Bertz CT molecular complexity index is 1090. The number of carbonyl (C=O) groups is 2. The highest BCUT2D eigenvalue weighted by Gasteiger charge is 2.40. The molecule has 3 aromatic heterocycles. The van der Waals surface area contributed by atoms with Crippen molar-refractivity contribution in [2.45, 2.75) is 58.5 Å². The number of likely N-dealkylation sites (tertiary alicyclic amines) is 1. The van der Waals surface area contributed by atoms with Gasteiger partial charge in [-0.1, -0.05) is 25.1 Å². The van der Waals surface area contributed by atoms with Crippen molar-refractivity contribution in [1.29, 1.82) is 0 Å². The summed E-state index contributed by atoms with van der Waals surface area (Å²) in [6, 6.07) is 4.93. The molecule has 3 aromatic rings. The lowest BCUT2D eigenvalue weighted by Gasteiger charge is -2.29. The summed E-state index contributed by atoms with van der Waals surface area (Å²) < 4.78 is 5.29. The maximum absolute atomic E-state index is 13.4. The third kappa shape index (κ3) is 4.83. The molecule has 0 spiro atoms. The molecule has 4 heterocycles. The first-order chi connectivity index (χ1) is 15.9. The SMILES string of the molecule is Cc1ncsc1-c1ccc(C(C)NC(=O)C2CCCN2C(=O)C(c2ccno2)C(C)C)cn1. The van der Waals surface area contributed by atoms with Crippen LogP contribution in [-0.4, -0.2) is 44.4 Å². The smallest absolute Gasteiger partial charge is 0.243 e. The summed E-state index contributed by atoms with van der Waals surface area (Å²) in [6.45, 7) is 8.41. The van der Waals surface area contributed by atoms with Crippen LogP contribution >= 0.6 is 11.3 Å². The number of aryl methyl sites for hydroxylation is 1. The molecular formula is C24H29N5O3S. The summed E-state index contributed by atoms with van der Waals surface area (Å²) in [5, 5.41) is 6.83. The van der Waals surface area contributed by atoms with Crippen molar-refractivity contribution >= 4 is 23.2 Å². The van der Waals surface area contributed by atoms with E-state index >= 15 is 0 Å². The van der Waals surface area contributed by atoms with Gasteiger partial charge in [0.1, 0.15) is 17.7 Å². The quantitative estimate of drug-likeness (QED) is 0.561. The van der Waals surface area contributed by atoms with Crippen molar-refractivity contribution in [2.75, 3.05) is 6.54 Å². The van der Waals surface area contributed by atoms with Crippen LogP contribution in [0.2, 0.25) is 0 Å². The fourth-order valence-corrected chi connectivity index (χ4v) is 5.12. The second-order valence-electron chi connectivity index (χ2n) is 8.80. The van der Waals surface area contributed by atoms with E-state index in [1.165, 1.54) is 0 Å². The molecule has 2 amide bonds. The normalized spacial score (nSPS) is 17.8. The molecule has 1 saturated heterocycles. The van der Waals surface area contributed by atoms with E-state index in [4.69, 9.17) is 4.52 Å². The number of amides is 2. The molecule has 9 heteroatoms. The molecule has 8 nitrogen and oxygen atoms in total. The summed E-state index contributed by atoms with van der Waals surface area (Å²) in [4.78, 5) is 38.1. The summed E-state index contributed by atoms with van der Waals surface area (Å²) in [5.74, 6) is -0.115. The number of hydrogen-bond donors (Lipinski definition) is 1. The fraction of sp³-hybridized carbons (Fsp3) is 0.458. The topological polar surface area (TPSA) is 101 Å². The average molecular weight is 468 g/mol. The van der Waals surface area contributed by atoms with E-state index in [2.05, 4.69) is 20.4 Å². The van der Waals surface area contributed by atoms with Crippen molar-refractivity contribution in [3.05, 3.63) is 53.1 Å². The molecule has 1 N–H and O–H groups in total. The predicted octanol–water partition coefficient (Wildman–Crippen LogP) is 4.11. The van der Waals surface area contributed by atoms with E-state index in [1.54, 1.807) is 34.7 Å². The lowest BCUT2D eigenvalue weighted by atomic mass is 9.91. The predicted molar refractivity (Wildman–Crippen MR) is 125 cm³/mol. The zero-order valence-electron chi connectivity index (χ0n) is 19.3. The molecule has 4 rings (SSSR count). The number of nitrogens with zero attached hydrogens (tertiary/aromatic N) is 4. The number of pyridine rings is 1. The van der Waals surface area contributed by atoms with Gasteiger partial charge in [-0.3, -0.25) is 14.6 Å². The first-order valence-electron chi connectivity index (χ1n) is 11.2. The molecule has 174 valence electrons. The number of rotatable bonds is 7. The van der Waals surface area contributed by atoms with Crippen LogP contribution in [-0.2, 0) is 9.59 Å². The van der Waals surface area contributed by atoms with Crippen molar-refractivity contribution in [2.24, 2.45) is 5.92 Å². The molecule has 1 aliphatic heterocycles. The zero-order valence-corrected chi connectivity index (χ0v) is 20.1. The number of carbonyl (C=O) groups excluding carboxylic acids is 2. The molecule has 0 aromatic carbocycles. The summed E-state index contributed by atoms with van der Waals surface area (Å²) in [5.41, 5.74) is 4.55. The molecule has 1 aliphatic rings.